The second-order valence-corrected chi connectivity index (χ2v) is 8.62. The zero-order valence-corrected chi connectivity index (χ0v) is 18.6. The predicted octanol–water partition coefficient (Wildman–Crippen LogP) is 4.32. The molecule has 0 heterocycles. The van der Waals surface area contributed by atoms with Crippen molar-refractivity contribution >= 4 is 34.0 Å². The van der Waals surface area contributed by atoms with Crippen LogP contribution < -0.4 is 15.2 Å². The molecule has 0 aromatic heterocycles. The molecule has 0 bridgehead atoms. The van der Waals surface area contributed by atoms with Crippen LogP contribution in [-0.2, 0) is 29.6 Å². The standard InChI is InChI=1S/C22H23ClN2O3S.ClH/c23-21-14-19(8-11-22(21)28-16-18-4-2-1-3-5-18)15-25-13-12-17-6-9-20(10-7-17)29(24,26)27;/h1-11,14,25H,12-13,15-16H2,(H2,24,26,27);1H. The van der Waals surface area contributed by atoms with E-state index >= 15 is 0 Å². The minimum atomic E-state index is -3.65. The van der Waals surface area contributed by atoms with E-state index in [-0.39, 0.29) is 17.3 Å². The van der Waals surface area contributed by atoms with Crippen molar-refractivity contribution in [1.29, 1.82) is 0 Å². The number of hydrogen-bond acceptors (Lipinski definition) is 4. The minimum absolute atomic E-state index is 0. The van der Waals surface area contributed by atoms with Crippen LogP contribution >= 0.6 is 24.0 Å². The first-order valence-corrected chi connectivity index (χ1v) is 11.1. The zero-order chi connectivity index (χ0) is 20.7. The Kier molecular flexibility index (Phi) is 9.14. The lowest BCUT2D eigenvalue weighted by atomic mass is 10.1. The molecule has 160 valence electrons. The molecule has 0 spiro atoms. The van der Waals surface area contributed by atoms with E-state index in [2.05, 4.69) is 5.32 Å². The molecule has 0 radical (unpaired) electrons. The summed E-state index contributed by atoms with van der Waals surface area (Å²) < 4.78 is 28.3. The van der Waals surface area contributed by atoms with Crippen molar-refractivity contribution in [2.24, 2.45) is 5.14 Å². The Balaban J connectivity index is 0.00000320. The predicted molar refractivity (Wildman–Crippen MR) is 123 cm³/mol. The minimum Gasteiger partial charge on any atom is -0.487 e. The molecule has 5 nitrogen and oxygen atoms in total. The van der Waals surface area contributed by atoms with E-state index in [4.69, 9.17) is 21.5 Å². The van der Waals surface area contributed by atoms with Crippen molar-refractivity contribution in [2.75, 3.05) is 6.54 Å². The second kappa shape index (κ2) is 11.3. The van der Waals surface area contributed by atoms with Crippen LogP contribution in [0.5, 0.6) is 5.75 Å². The molecule has 0 fully saturated rings. The summed E-state index contributed by atoms with van der Waals surface area (Å²) in [6.45, 7) is 1.90. The largest absolute Gasteiger partial charge is 0.487 e. The highest BCUT2D eigenvalue weighted by molar-refractivity contribution is 7.89. The Bertz CT molecular complexity index is 1040. The van der Waals surface area contributed by atoms with Gasteiger partial charge >= 0.3 is 0 Å². The summed E-state index contributed by atoms with van der Waals surface area (Å²) in [6, 6.07) is 22.3. The fourth-order valence-corrected chi connectivity index (χ4v) is 3.59. The Morgan fingerprint density at radius 1 is 0.900 bits per heavy atom. The van der Waals surface area contributed by atoms with Gasteiger partial charge in [-0.2, -0.15) is 0 Å². The van der Waals surface area contributed by atoms with Crippen molar-refractivity contribution in [2.45, 2.75) is 24.5 Å². The van der Waals surface area contributed by atoms with Gasteiger partial charge < -0.3 is 10.1 Å². The highest BCUT2D eigenvalue weighted by Crippen LogP contribution is 2.26. The molecule has 30 heavy (non-hydrogen) atoms. The fraction of sp³-hybridized carbons (Fsp3) is 0.182. The maximum absolute atomic E-state index is 11.3. The summed E-state index contributed by atoms with van der Waals surface area (Å²) in [5, 5.41) is 9.04. The van der Waals surface area contributed by atoms with Gasteiger partial charge in [-0.05, 0) is 53.9 Å². The number of primary sulfonamides is 1. The van der Waals surface area contributed by atoms with Gasteiger partial charge in [0, 0.05) is 6.54 Å². The lowest BCUT2D eigenvalue weighted by Gasteiger charge is -2.10. The van der Waals surface area contributed by atoms with Gasteiger partial charge in [-0.1, -0.05) is 60.1 Å². The lowest BCUT2D eigenvalue weighted by molar-refractivity contribution is 0.306. The van der Waals surface area contributed by atoms with E-state index in [9.17, 15) is 8.42 Å². The highest BCUT2D eigenvalue weighted by Gasteiger charge is 2.07. The summed E-state index contributed by atoms with van der Waals surface area (Å²) >= 11 is 6.34. The molecule has 0 saturated heterocycles. The molecule has 0 aliphatic rings. The highest BCUT2D eigenvalue weighted by atomic mass is 35.5. The topological polar surface area (TPSA) is 81.4 Å². The van der Waals surface area contributed by atoms with Crippen molar-refractivity contribution < 1.29 is 13.2 Å². The average molecular weight is 467 g/mol. The van der Waals surface area contributed by atoms with E-state index in [1.807, 2.05) is 48.5 Å². The first-order chi connectivity index (χ1) is 13.9. The Morgan fingerprint density at radius 3 is 2.20 bits per heavy atom. The monoisotopic (exact) mass is 466 g/mol. The first kappa shape index (κ1) is 24.2. The molecule has 3 aromatic carbocycles. The molecule has 3 aromatic rings. The van der Waals surface area contributed by atoms with E-state index in [0.29, 0.717) is 23.9 Å². The number of hydrogen-bond donors (Lipinski definition) is 2. The second-order valence-electron chi connectivity index (χ2n) is 6.65. The van der Waals surface area contributed by atoms with Gasteiger partial charge in [0.1, 0.15) is 12.4 Å². The van der Waals surface area contributed by atoms with Crippen LogP contribution in [0.4, 0.5) is 0 Å². The van der Waals surface area contributed by atoms with Crippen molar-refractivity contribution in [3.8, 4) is 5.75 Å². The molecule has 0 aliphatic carbocycles. The van der Waals surface area contributed by atoms with Crippen LogP contribution in [0.25, 0.3) is 0 Å². The molecule has 0 aliphatic heterocycles. The summed E-state index contributed by atoms with van der Waals surface area (Å²) in [6.07, 6.45) is 0.775. The molecule has 3 N–H and O–H groups in total. The number of ether oxygens (including phenoxy) is 1. The summed E-state index contributed by atoms with van der Waals surface area (Å²) in [7, 11) is -3.65. The van der Waals surface area contributed by atoms with E-state index in [0.717, 1.165) is 29.7 Å². The normalized spacial score (nSPS) is 11.0. The summed E-state index contributed by atoms with van der Waals surface area (Å²) in [5.74, 6) is 0.661. The molecule has 8 heteroatoms. The summed E-state index contributed by atoms with van der Waals surface area (Å²) in [4.78, 5) is 0.124. The average Bonchev–Trinajstić information content (AvgIpc) is 2.71. The quantitative estimate of drug-likeness (QED) is 0.460. The van der Waals surface area contributed by atoms with Gasteiger partial charge in [-0.15, -0.1) is 12.4 Å². The number of benzene rings is 3. The molecule has 0 unspecified atom stereocenters. The van der Waals surface area contributed by atoms with Crippen LogP contribution in [0.2, 0.25) is 5.02 Å². The number of halogens is 2. The molecular formula is C22H24Cl2N2O3S. The van der Waals surface area contributed by atoms with Crippen molar-refractivity contribution in [3.05, 3.63) is 94.5 Å². The third kappa shape index (κ3) is 7.31. The maximum atomic E-state index is 11.3. The Hall–Kier alpha value is -2.09. The molecule has 0 atom stereocenters. The van der Waals surface area contributed by atoms with Crippen molar-refractivity contribution in [3.63, 3.8) is 0 Å². The number of nitrogens with two attached hydrogens (primary N) is 1. The number of nitrogens with one attached hydrogen (secondary N) is 1. The van der Waals surface area contributed by atoms with Crippen LogP contribution in [0.3, 0.4) is 0 Å². The van der Waals surface area contributed by atoms with Crippen molar-refractivity contribution in [1.82, 2.24) is 5.32 Å². The van der Waals surface area contributed by atoms with Crippen LogP contribution in [0.15, 0.2) is 77.7 Å². The maximum Gasteiger partial charge on any atom is 0.238 e. The van der Waals surface area contributed by atoms with E-state index < -0.39 is 10.0 Å². The Morgan fingerprint density at radius 2 is 1.57 bits per heavy atom. The Labute approximate surface area is 188 Å². The van der Waals surface area contributed by atoms with Gasteiger partial charge in [0.15, 0.2) is 0 Å². The van der Waals surface area contributed by atoms with Gasteiger partial charge in [-0.3, -0.25) is 0 Å². The lowest BCUT2D eigenvalue weighted by Crippen LogP contribution is -2.17. The SMILES string of the molecule is Cl.NS(=O)(=O)c1ccc(CCNCc2ccc(OCc3ccccc3)c(Cl)c2)cc1. The number of sulfonamides is 1. The van der Waals surface area contributed by atoms with Crippen LogP contribution in [0, 0.1) is 0 Å². The zero-order valence-electron chi connectivity index (χ0n) is 16.3. The van der Waals surface area contributed by atoms with Gasteiger partial charge in [0.25, 0.3) is 0 Å². The van der Waals surface area contributed by atoms with Crippen LogP contribution in [0.1, 0.15) is 16.7 Å². The van der Waals surface area contributed by atoms with Crippen LogP contribution in [-0.4, -0.2) is 15.0 Å². The van der Waals surface area contributed by atoms with Gasteiger partial charge in [0.2, 0.25) is 10.0 Å². The molecule has 0 saturated carbocycles. The third-order valence-electron chi connectivity index (χ3n) is 4.40. The third-order valence-corrected chi connectivity index (χ3v) is 5.63. The van der Waals surface area contributed by atoms with Gasteiger partial charge in [-0.25, -0.2) is 13.6 Å². The number of rotatable bonds is 9. The smallest absolute Gasteiger partial charge is 0.238 e. The fourth-order valence-electron chi connectivity index (χ4n) is 2.82. The molecule has 3 rings (SSSR count). The van der Waals surface area contributed by atoms with Gasteiger partial charge in [0.05, 0.1) is 9.92 Å². The molecular weight excluding hydrogens is 443 g/mol. The first-order valence-electron chi connectivity index (χ1n) is 9.19. The van der Waals surface area contributed by atoms with E-state index in [1.54, 1.807) is 12.1 Å². The molecule has 0 amide bonds. The van der Waals surface area contributed by atoms with E-state index in [1.165, 1.54) is 12.1 Å². The summed E-state index contributed by atoms with van der Waals surface area (Å²) in [5.41, 5.74) is 3.19.